The van der Waals surface area contributed by atoms with E-state index in [1.165, 1.54) is 10.9 Å². The van der Waals surface area contributed by atoms with Crippen molar-refractivity contribution in [2.75, 3.05) is 6.61 Å². The SMILES string of the molecule is CCCn1ccc2cc(/C(C)=C/C(=O)OCC)ccc21. The largest absolute Gasteiger partial charge is 0.463 e. The highest BCUT2D eigenvalue weighted by Crippen LogP contribution is 2.22. The maximum atomic E-state index is 11.5. The van der Waals surface area contributed by atoms with Gasteiger partial charge in [-0.25, -0.2) is 4.79 Å². The number of nitrogens with zero attached hydrogens (tertiary/aromatic N) is 1. The Morgan fingerprint density at radius 3 is 2.80 bits per heavy atom. The third-order valence-corrected chi connectivity index (χ3v) is 3.31. The third kappa shape index (κ3) is 3.10. The van der Waals surface area contributed by atoms with Crippen molar-refractivity contribution in [1.82, 2.24) is 4.57 Å². The lowest BCUT2D eigenvalue weighted by atomic mass is 10.1. The van der Waals surface area contributed by atoms with E-state index in [4.69, 9.17) is 4.74 Å². The van der Waals surface area contributed by atoms with E-state index in [-0.39, 0.29) is 5.97 Å². The van der Waals surface area contributed by atoms with E-state index >= 15 is 0 Å². The third-order valence-electron chi connectivity index (χ3n) is 3.31. The second kappa shape index (κ2) is 6.42. The van der Waals surface area contributed by atoms with E-state index in [0.717, 1.165) is 24.1 Å². The number of benzene rings is 1. The molecule has 3 heteroatoms. The van der Waals surface area contributed by atoms with Crippen LogP contribution in [0.4, 0.5) is 0 Å². The van der Waals surface area contributed by atoms with Gasteiger partial charge in [-0.3, -0.25) is 0 Å². The number of hydrogen-bond donors (Lipinski definition) is 0. The molecule has 1 heterocycles. The summed E-state index contributed by atoms with van der Waals surface area (Å²) in [6, 6.07) is 8.40. The number of fused-ring (bicyclic) bond motifs is 1. The number of esters is 1. The molecule has 20 heavy (non-hydrogen) atoms. The monoisotopic (exact) mass is 271 g/mol. The molecule has 0 N–H and O–H groups in total. The fraction of sp³-hybridized carbons (Fsp3) is 0.353. The molecular weight excluding hydrogens is 250 g/mol. The zero-order valence-corrected chi connectivity index (χ0v) is 12.3. The summed E-state index contributed by atoms with van der Waals surface area (Å²) < 4.78 is 7.19. The molecule has 0 aliphatic rings. The minimum absolute atomic E-state index is 0.284. The van der Waals surface area contributed by atoms with Gasteiger partial charge in [-0.05, 0) is 49.6 Å². The van der Waals surface area contributed by atoms with Crippen LogP contribution in [-0.2, 0) is 16.1 Å². The van der Waals surface area contributed by atoms with Gasteiger partial charge in [-0.1, -0.05) is 13.0 Å². The Labute approximate surface area is 119 Å². The van der Waals surface area contributed by atoms with Gasteiger partial charge in [0.05, 0.1) is 6.61 Å². The van der Waals surface area contributed by atoms with Crippen molar-refractivity contribution >= 4 is 22.4 Å². The van der Waals surface area contributed by atoms with Gasteiger partial charge >= 0.3 is 5.97 Å². The van der Waals surface area contributed by atoms with Crippen molar-refractivity contribution in [3.05, 3.63) is 42.1 Å². The summed E-state index contributed by atoms with van der Waals surface area (Å²) in [4.78, 5) is 11.5. The topological polar surface area (TPSA) is 31.2 Å². The first-order chi connectivity index (χ1) is 9.65. The molecule has 1 aromatic carbocycles. The summed E-state index contributed by atoms with van der Waals surface area (Å²) in [6.07, 6.45) is 4.78. The molecule has 0 amide bonds. The second-order valence-electron chi connectivity index (χ2n) is 4.86. The Bertz CT molecular complexity index is 637. The minimum atomic E-state index is -0.284. The van der Waals surface area contributed by atoms with Crippen LogP contribution in [0.15, 0.2) is 36.5 Å². The van der Waals surface area contributed by atoms with Crippen molar-refractivity contribution in [2.45, 2.75) is 33.7 Å². The van der Waals surface area contributed by atoms with Crippen LogP contribution in [0.25, 0.3) is 16.5 Å². The van der Waals surface area contributed by atoms with E-state index in [2.05, 4.69) is 42.0 Å². The van der Waals surface area contributed by atoms with Crippen LogP contribution >= 0.6 is 0 Å². The highest BCUT2D eigenvalue weighted by Gasteiger charge is 2.05. The number of aryl methyl sites for hydroxylation is 1. The first-order valence-corrected chi connectivity index (χ1v) is 7.10. The molecule has 2 rings (SSSR count). The number of carbonyl (C=O) groups excluding carboxylic acids is 1. The summed E-state index contributed by atoms with van der Waals surface area (Å²) in [5.41, 5.74) is 3.22. The summed E-state index contributed by atoms with van der Waals surface area (Å²) in [6.45, 7) is 7.35. The van der Waals surface area contributed by atoms with E-state index in [0.29, 0.717) is 6.61 Å². The van der Waals surface area contributed by atoms with Crippen LogP contribution in [0.1, 0.15) is 32.8 Å². The molecular formula is C17H21NO2. The molecule has 0 aliphatic carbocycles. The zero-order chi connectivity index (χ0) is 14.5. The van der Waals surface area contributed by atoms with E-state index in [1.807, 2.05) is 13.8 Å². The van der Waals surface area contributed by atoms with Gasteiger partial charge in [0, 0.05) is 29.7 Å². The van der Waals surface area contributed by atoms with Gasteiger partial charge < -0.3 is 9.30 Å². The fourth-order valence-corrected chi connectivity index (χ4v) is 2.33. The lowest BCUT2D eigenvalue weighted by Crippen LogP contribution is -2.00. The van der Waals surface area contributed by atoms with Crippen LogP contribution in [0.5, 0.6) is 0 Å². The molecule has 0 atom stereocenters. The Morgan fingerprint density at radius 2 is 2.10 bits per heavy atom. The molecule has 0 radical (unpaired) electrons. The van der Waals surface area contributed by atoms with Crippen LogP contribution in [-0.4, -0.2) is 17.1 Å². The maximum Gasteiger partial charge on any atom is 0.331 e. The van der Waals surface area contributed by atoms with Crippen molar-refractivity contribution in [3.63, 3.8) is 0 Å². The van der Waals surface area contributed by atoms with Gasteiger partial charge in [0.1, 0.15) is 0 Å². The number of hydrogen-bond acceptors (Lipinski definition) is 2. The molecule has 0 fully saturated rings. The Hall–Kier alpha value is -2.03. The Morgan fingerprint density at radius 1 is 1.30 bits per heavy atom. The lowest BCUT2D eigenvalue weighted by molar-refractivity contribution is -0.137. The van der Waals surface area contributed by atoms with Gasteiger partial charge in [0.15, 0.2) is 0 Å². The minimum Gasteiger partial charge on any atom is -0.463 e. The van der Waals surface area contributed by atoms with Crippen molar-refractivity contribution in [3.8, 4) is 0 Å². The normalized spacial score (nSPS) is 11.8. The molecule has 0 saturated heterocycles. The molecule has 106 valence electrons. The van der Waals surface area contributed by atoms with Crippen molar-refractivity contribution < 1.29 is 9.53 Å². The highest BCUT2D eigenvalue weighted by molar-refractivity contribution is 5.92. The van der Waals surface area contributed by atoms with E-state index in [9.17, 15) is 4.79 Å². The van der Waals surface area contributed by atoms with Gasteiger partial charge in [-0.15, -0.1) is 0 Å². The van der Waals surface area contributed by atoms with E-state index < -0.39 is 0 Å². The lowest BCUT2D eigenvalue weighted by Gasteiger charge is -2.05. The Balaban J connectivity index is 2.30. The number of ether oxygens (including phenoxy) is 1. The van der Waals surface area contributed by atoms with Crippen LogP contribution < -0.4 is 0 Å². The van der Waals surface area contributed by atoms with Crippen LogP contribution in [0.2, 0.25) is 0 Å². The van der Waals surface area contributed by atoms with E-state index in [1.54, 1.807) is 6.08 Å². The average Bonchev–Trinajstić information content (AvgIpc) is 2.82. The molecule has 2 aromatic rings. The molecule has 0 bridgehead atoms. The summed E-state index contributed by atoms with van der Waals surface area (Å²) in [5, 5.41) is 1.20. The smallest absolute Gasteiger partial charge is 0.331 e. The van der Waals surface area contributed by atoms with Gasteiger partial charge in [-0.2, -0.15) is 0 Å². The van der Waals surface area contributed by atoms with Crippen LogP contribution in [0.3, 0.4) is 0 Å². The fourth-order valence-electron chi connectivity index (χ4n) is 2.33. The van der Waals surface area contributed by atoms with Crippen molar-refractivity contribution in [2.24, 2.45) is 0 Å². The summed E-state index contributed by atoms with van der Waals surface area (Å²) >= 11 is 0. The summed E-state index contributed by atoms with van der Waals surface area (Å²) in [7, 11) is 0. The second-order valence-corrected chi connectivity index (χ2v) is 4.86. The Kier molecular flexibility index (Phi) is 4.61. The molecule has 0 unspecified atom stereocenters. The first kappa shape index (κ1) is 14.4. The molecule has 0 saturated carbocycles. The zero-order valence-electron chi connectivity index (χ0n) is 12.3. The maximum absolute atomic E-state index is 11.5. The number of carbonyl (C=O) groups is 1. The number of aromatic nitrogens is 1. The predicted molar refractivity (Wildman–Crippen MR) is 82.5 cm³/mol. The van der Waals surface area contributed by atoms with Gasteiger partial charge in [0.2, 0.25) is 0 Å². The highest BCUT2D eigenvalue weighted by atomic mass is 16.5. The molecule has 0 aliphatic heterocycles. The molecule has 0 spiro atoms. The van der Waals surface area contributed by atoms with Crippen molar-refractivity contribution in [1.29, 1.82) is 0 Å². The quantitative estimate of drug-likeness (QED) is 0.607. The molecule has 3 nitrogen and oxygen atoms in total. The average molecular weight is 271 g/mol. The number of rotatable bonds is 5. The predicted octanol–water partition coefficient (Wildman–Crippen LogP) is 4.02. The molecule has 1 aromatic heterocycles. The standard InChI is InChI=1S/C17H21NO2/c1-4-9-18-10-8-15-12-14(6-7-16(15)18)13(3)11-17(19)20-5-2/h6-8,10-12H,4-5,9H2,1-3H3/b13-11+. The summed E-state index contributed by atoms with van der Waals surface area (Å²) in [5.74, 6) is -0.284. The number of allylic oxidation sites excluding steroid dienone is 1. The van der Waals surface area contributed by atoms with Gasteiger partial charge in [0.25, 0.3) is 0 Å². The van der Waals surface area contributed by atoms with Crippen LogP contribution in [0, 0.1) is 0 Å². The first-order valence-electron chi connectivity index (χ1n) is 7.10.